The molecule has 1 N–H and O–H groups in total. The first-order chi connectivity index (χ1) is 12.7. The van der Waals surface area contributed by atoms with E-state index in [9.17, 15) is 0 Å². The average Bonchev–Trinajstić information content (AvgIpc) is 3.01. The Bertz CT molecular complexity index is 927. The van der Waals surface area contributed by atoms with Crippen LogP contribution in [0.15, 0.2) is 53.6 Å². The molecule has 0 spiro atoms. The minimum absolute atomic E-state index is 0.454. The zero-order valence-electron chi connectivity index (χ0n) is 14.7. The quantitative estimate of drug-likeness (QED) is 0.509. The van der Waals surface area contributed by atoms with Gasteiger partial charge in [0.2, 0.25) is 4.77 Å². The molecular weight excluding hydrogens is 348 g/mol. The Morgan fingerprint density at radius 1 is 1.12 bits per heavy atom. The van der Waals surface area contributed by atoms with Crippen LogP contribution in [0.2, 0.25) is 0 Å². The van der Waals surface area contributed by atoms with Gasteiger partial charge in [-0.15, -0.1) is 0 Å². The zero-order chi connectivity index (χ0) is 18.4. The molecule has 7 heteroatoms. The van der Waals surface area contributed by atoms with Crippen molar-refractivity contribution in [2.45, 2.75) is 13.3 Å². The maximum Gasteiger partial charge on any atom is 0.216 e. The number of hydrogen-bond acceptors (Lipinski definition) is 5. The van der Waals surface area contributed by atoms with E-state index in [0.29, 0.717) is 17.8 Å². The van der Waals surface area contributed by atoms with Crippen LogP contribution in [-0.4, -0.2) is 34.8 Å². The number of hydrogen-bond donors (Lipinski definition) is 1. The molecule has 1 aromatic heterocycles. The summed E-state index contributed by atoms with van der Waals surface area (Å²) in [5.74, 6) is 2.40. The number of nitrogens with one attached hydrogen (secondary N) is 1. The van der Waals surface area contributed by atoms with Crippen LogP contribution in [0.3, 0.4) is 0 Å². The third-order valence-corrected chi connectivity index (χ3v) is 4.02. The minimum Gasteiger partial charge on any atom is -0.497 e. The summed E-state index contributed by atoms with van der Waals surface area (Å²) in [5, 5.41) is 11.6. The van der Waals surface area contributed by atoms with Crippen LogP contribution >= 0.6 is 12.2 Å². The van der Waals surface area contributed by atoms with Gasteiger partial charge in [0.05, 0.1) is 19.9 Å². The summed E-state index contributed by atoms with van der Waals surface area (Å²) >= 11 is 5.29. The van der Waals surface area contributed by atoms with Crippen molar-refractivity contribution >= 4 is 18.4 Å². The molecule has 6 nitrogen and oxygen atoms in total. The maximum atomic E-state index is 5.44. The second-order valence-electron chi connectivity index (χ2n) is 5.53. The normalized spacial score (nSPS) is 11.0. The van der Waals surface area contributed by atoms with Gasteiger partial charge >= 0.3 is 0 Å². The van der Waals surface area contributed by atoms with Crippen molar-refractivity contribution < 1.29 is 9.47 Å². The Morgan fingerprint density at radius 2 is 1.81 bits per heavy atom. The van der Waals surface area contributed by atoms with Crippen molar-refractivity contribution in [1.82, 2.24) is 14.9 Å². The molecule has 3 aromatic rings. The van der Waals surface area contributed by atoms with Crippen LogP contribution in [0.25, 0.3) is 0 Å². The first-order valence-corrected chi connectivity index (χ1v) is 8.67. The number of aromatic amines is 1. The van der Waals surface area contributed by atoms with Crippen molar-refractivity contribution in [3.05, 3.63) is 70.3 Å². The SMILES string of the molecule is CCOc1ccc(/C=N\n2c(Cc3ccc(OC)cc3)n[nH]c2=S)cc1. The van der Waals surface area contributed by atoms with E-state index in [1.54, 1.807) is 18.0 Å². The molecule has 0 aliphatic rings. The highest BCUT2D eigenvalue weighted by atomic mass is 32.1. The predicted molar refractivity (Wildman–Crippen MR) is 104 cm³/mol. The molecular formula is C19H20N4O2S. The number of nitrogens with zero attached hydrogens (tertiary/aromatic N) is 3. The van der Waals surface area contributed by atoms with E-state index < -0.39 is 0 Å². The zero-order valence-corrected chi connectivity index (χ0v) is 15.5. The maximum absolute atomic E-state index is 5.44. The van der Waals surface area contributed by atoms with Crippen molar-refractivity contribution in [3.8, 4) is 11.5 Å². The average molecular weight is 368 g/mol. The molecule has 0 saturated carbocycles. The largest absolute Gasteiger partial charge is 0.497 e. The van der Waals surface area contributed by atoms with Crippen LogP contribution in [0.5, 0.6) is 11.5 Å². The summed E-state index contributed by atoms with van der Waals surface area (Å²) in [4.78, 5) is 0. The molecule has 0 amide bonds. The predicted octanol–water partition coefficient (Wildman–Crippen LogP) is 3.82. The van der Waals surface area contributed by atoms with E-state index in [0.717, 1.165) is 28.5 Å². The third-order valence-electron chi connectivity index (χ3n) is 3.75. The summed E-state index contributed by atoms with van der Waals surface area (Å²) in [6.45, 7) is 2.60. The molecule has 3 rings (SSSR count). The smallest absolute Gasteiger partial charge is 0.216 e. The van der Waals surface area contributed by atoms with Gasteiger partial charge in [-0.3, -0.25) is 5.10 Å². The molecule has 0 fully saturated rings. The van der Waals surface area contributed by atoms with Gasteiger partial charge in [-0.2, -0.15) is 14.9 Å². The van der Waals surface area contributed by atoms with Crippen molar-refractivity contribution in [2.75, 3.05) is 13.7 Å². The lowest BCUT2D eigenvalue weighted by molar-refractivity contribution is 0.340. The second-order valence-corrected chi connectivity index (χ2v) is 5.91. The molecule has 1 heterocycles. The molecule has 2 aromatic carbocycles. The summed E-state index contributed by atoms with van der Waals surface area (Å²) in [5.41, 5.74) is 2.05. The summed E-state index contributed by atoms with van der Waals surface area (Å²) in [6.07, 6.45) is 2.36. The number of benzene rings is 2. The number of aromatic nitrogens is 3. The fraction of sp³-hybridized carbons (Fsp3) is 0.211. The van der Waals surface area contributed by atoms with Crippen LogP contribution < -0.4 is 9.47 Å². The molecule has 0 aliphatic heterocycles. The third kappa shape index (κ3) is 4.37. The fourth-order valence-electron chi connectivity index (χ4n) is 2.42. The van der Waals surface area contributed by atoms with Gasteiger partial charge in [0.15, 0.2) is 5.82 Å². The number of ether oxygens (including phenoxy) is 2. The molecule has 0 atom stereocenters. The van der Waals surface area contributed by atoms with E-state index in [1.807, 2.05) is 55.5 Å². The van der Waals surface area contributed by atoms with Crippen LogP contribution in [0.1, 0.15) is 23.9 Å². The van der Waals surface area contributed by atoms with Crippen molar-refractivity contribution in [3.63, 3.8) is 0 Å². The molecule has 134 valence electrons. The van der Waals surface area contributed by atoms with Gasteiger partial charge < -0.3 is 9.47 Å². The molecule has 0 saturated heterocycles. The Hall–Kier alpha value is -2.93. The number of rotatable bonds is 7. The number of methoxy groups -OCH3 is 1. The van der Waals surface area contributed by atoms with E-state index >= 15 is 0 Å². The highest BCUT2D eigenvalue weighted by Crippen LogP contribution is 2.15. The second kappa shape index (κ2) is 8.44. The lowest BCUT2D eigenvalue weighted by atomic mass is 10.1. The van der Waals surface area contributed by atoms with Gasteiger partial charge in [0.1, 0.15) is 11.5 Å². The highest BCUT2D eigenvalue weighted by Gasteiger charge is 2.06. The first-order valence-electron chi connectivity index (χ1n) is 8.26. The van der Waals surface area contributed by atoms with Gasteiger partial charge in [-0.05, 0) is 66.7 Å². The van der Waals surface area contributed by atoms with E-state index in [-0.39, 0.29) is 0 Å². The first kappa shape index (κ1) is 17.9. The lowest BCUT2D eigenvalue weighted by Crippen LogP contribution is -2.00. The van der Waals surface area contributed by atoms with Crippen LogP contribution in [-0.2, 0) is 6.42 Å². The van der Waals surface area contributed by atoms with Crippen LogP contribution in [0, 0.1) is 4.77 Å². The summed E-state index contributed by atoms with van der Waals surface area (Å²) in [6, 6.07) is 15.6. The Labute approximate surface area is 157 Å². The Balaban J connectivity index is 1.77. The van der Waals surface area contributed by atoms with Gasteiger partial charge in [0.25, 0.3) is 0 Å². The summed E-state index contributed by atoms with van der Waals surface area (Å²) < 4.78 is 12.7. The van der Waals surface area contributed by atoms with Gasteiger partial charge in [-0.1, -0.05) is 12.1 Å². The Morgan fingerprint density at radius 3 is 2.46 bits per heavy atom. The highest BCUT2D eigenvalue weighted by molar-refractivity contribution is 7.71. The molecule has 0 unspecified atom stereocenters. The van der Waals surface area contributed by atoms with E-state index in [1.165, 1.54) is 0 Å². The van der Waals surface area contributed by atoms with E-state index in [2.05, 4.69) is 15.3 Å². The lowest BCUT2D eigenvalue weighted by Gasteiger charge is -2.04. The van der Waals surface area contributed by atoms with Crippen molar-refractivity contribution in [1.29, 1.82) is 0 Å². The molecule has 0 radical (unpaired) electrons. The minimum atomic E-state index is 0.454. The van der Waals surface area contributed by atoms with Crippen LogP contribution in [0.4, 0.5) is 0 Å². The standard InChI is InChI=1S/C19H20N4O2S/c1-3-25-17-10-6-15(7-11-17)13-20-23-18(21-22-19(23)26)12-14-4-8-16(24-2)9-5-14/h4-11,13H,3,12H2,1-2H3,(H,22,26)/b20-13-. The van der Waals surface area contributed by atoms with Gasteiger partial charge in [-0.25, -0.2) is 0 Å². The topological polar surface area (TPSA) is 64.4 Å². The van der Waals surface area contributed by atoms with Gasteiger partial charge in [0, 0.05) is 6.42 Å². The fourth-order valence-corrected chi connectivity index (χ4v) is 2.62. The van der Waals surface area contributed by atoms with E-state index in [4.69, 9.17) is 21.7 Å². The molecule has 26 heavy (non-hydrogen) atoms. The number of H-pyrrole nitrogens is 1. The summed E-state index contributed by atoms with van der Waals surface area (Å²) in [7, 11) is 1.65. The molecule has 0 aliphatic carbocycles. The Kier molecular flexibility index (Phi) is 5.80. The molecule has 0 bridgehead atoms. The van der Waals surface area contributed by atoms with Crippen molar-refractivity contribution in [2.24, 2.45) is 5.10 Å². The monoisotopic (exact) mass is 368 g/mol.